The van der Waals surface area contributed by atoms with E-state index in [-0.39, 0.29) is 18.4 Å². The quantitative estimate of drug-likeness (QED) is 0.0207. The summed E-state index contributed by atoms with van der Waals surface area (Å²) in [6.07, 6.45) is 13.6. The summed E-state index contributed by atoms with van der Waals surface area (Å²) in [4.78, 5) is 48.1. The molecule has 1 saturated heterocycles. The topological polar surface area (TPSA) is 181 Å². The molecule has 2 aliphatic rings. The van der Waals surface area contributed by atoms with Gasteiger partial charge < -0.3 is 50.6 Å². The monoisotopic (exact) mass is 919 g/mol. The van der Waals surface area contributed by atoms with E-state index in [1.807, 2.05) is 54.1 Å². The highest BCUT2D eigenvalue weighted by molar-refractivity contribution is 7.11. The molecule has 0 radical (unpaired) electrons. The van der Waals surface area contributed by atoms with Crippen LogP contribution in [0.25, 0.3) is 6.08 Å². The molecule has 13 nitrogen and oxygen atoms in total. The van der Waals surface area contributed by atoms with Crippen LogP contribution in [0, 0.1) is 5.41 Å². The third-order valence-corrected chi connectivity index (χ3v) is 13.5. The number of hydrogen-bond acceptors (Lipinski definition) is 14. The second-order valence-electron chi connectivity index (χ2n) is 16.4. The van der Waals surface area contributed by atoms with Crippen molar-refractivity contribution in [3.05, 3.63) is 104 Å². The van der Waals surface area contributed by atoms with Gasteiger partial charge in [0.1, 0.15) is 30.0 Å². The number of likely N-dealkylation sites (tertiary alicyclic amines) is 1. The molecular formula is C49H69N5O8S2. The van der Waals surface area contributed by atoms with Crippen LogP contribution in [0.5, 0.6) is 5.75 Å². The van der Waals surface area contributed by atoms with Gasteiger partial charge in [0.15, 0.2) is 0 Å². The summed E-state index contributed by atoms with van der Waals surface area (Å²) >= 11 is 3.17. The zero-order chi connectivity index (χ0) is 46.8. The summed E-state index contributed by atoms with van der Waals surface area (Å²) in [6.45, 7) is 9.77. The molecule has 1 unspecified atom stereocenters. The SMILES string of the molecule is CC(O)(c1cccs1)c1cccs1.CCCCCN(C)C.CNc1c(O)ccc(C(O)CNCc2ccc(NC=O)cc2)c1/C=C\C=O.O=CCCN1CCC2(CC1)CC(OC=O)C2. The van der Waals surface area contributed by atoms with Crippen LogP contribution in [-0.2, 0) is 36.1 Å². The van der Waals surface area contributed by atoms with Crippen LogP contribution < -0.4 is 16.0 Å². The summed E-state index contributed by atoms with van der Waals surface area (Å²) in [5, 5.41) is 43.4. The van der Waals surface area contributed by atoms with Crippen LogP contribution in [0.1, 0.15) is 97.8 Å². The number of benzene rings is 2. The minimum atomic E-state index is -0.833. The summed E-state index contributed by atoms with van der Waals surface area (Å²) in [7, 11) is 5.90. The standard InChI is InChI=1S/C20H23N3O4.C12H19NO3.C10H10OS2.C7H17N/c1-21-20-17(3-2-10-24)16(8-9-18(20)26)19(27)12-22-11-14-4-6-15(7-5-14)23-13-25;14-7-1-4-13-5-2-12(3-6-13)8-11(9-12)16-10-15;1-10(11,8-4-2-6-12-8)9-5-3-7-13-9;1-4-5-6-7-8(2)3/h2-10,13,19,21-22,26-27H,11-12H2,1H3,(H,23,25);7,10-11H,1-6,8-9H2;2-7,11H,1H3;4-7H2,1-3H3/b3-2-;;;. The largest absolute Gasteiger partial charge is 0.506 e. The number of aliphatic hydroxyl groups is 2. The molecule has 1 aliphatic carbocycles. The van der Waals surface area contributed by atoms with Crippen molar-refractivity contribution in [3.63, 3.8) is 0 Å². The Morgan fingerprint density at radius 3 is 2.14 bits per heavy atom. The number of aromatic hydroxyl groups is 1. The van der Waals surface area contributed by atoms with Gasteiger partial charge in [-0.25, -0.2) is 0 Å². The number of amides is 1. The van der Waals surface area contributed by atoms with Gasteiger partial charge in [-0.15, -0.1) is 22.7 Å². The van der Waals surface area contributed by atoms with E-state index in [0.717, 1.165) is 54.1 Å². The van der Waals surface area contributed by atoms with Crippen LogP contribution in [0.4, 0.5) is 11.4 Å². The Morgan fingerprint density at radius 1 is 0.969 bits per heavy atom. The molecule has 0 bridgehead atoms. The van der Waals surface area contributed by atoms with Gasteiger partial charge in [-0.2, -0.15) is 0 Å². The number of unbranched alkanes of at least 4 members (excludes halogenated alkanes) is 2. The molecular weight excluding hydrogens is 851 g/mol. The van der Waals surface area contributed by atoms with E-state index in [1.165, 1.54) is 50.8 Å². The zero-order valence-corrected chi connectivity index (χ0v) is 39.7. The molecule has 15 heteroatoms. The summed E-state index contributed by atoms with van der Waals surface area (Å²) in [5.41, 5.74) is 2.93. The highest BCUT2D eigenvalue weighted by atomic mass is 32.1. The molecule has 1 saturated carbocycles. The maximum atomic E-state index is 10.7. The number of thiophene rings is 2. The lowest BCUT2D eigenvalue weighted by molar-refractivity contribution is -0.149. The van der Waals surface area contributed by atoms with Gasteiger partial charge in [0.2, 0.25) is 6.41 Å². The van der Waals surface area contributed by atoms with Crippen LogP contribution in [0.2, 0.25) is 0 Å². The van der Waals surface area contributed by atoms with Crippen molar-refractivity contribution in [1.29, 1.82) is 0 Å². The van der Waals surface area contributed by atoms with E-state index >= 15 is 0 Å². The molecule has 2 aromatic heterocycles. The summed E-state index contributed by atoms with van der Waals surface area (Å²) < 4.78 is 4.96. The number of anilines is 2. The lowest BCUT2D eigenvalue weighted by atomic mass is 9.61. The number of rotatable bonds is 21. The number of nitrogens with one attached hydrogen (secondary N) is 3. The van der Waals surface area contributed by atoms with Gasteiger partial charge >= 0.3 is 0 Å². The number of hydrogen-bond donors (Lipinski definition) is 6. The third kappa shape index (κ3) is 17.7. The van der Waals surface area contributed by atoms with Crippen molar-refractivity contribution in [2.75, 3.05) is 64.5 Å². The minimum absolute atomic E-state index is 0.0379. The van der Waals surface area contributed by atoms with Gasteiger partial charge in [0.25, 0.3) is 6.47 Å². The van der Waals surface area contributed by atoms with E-state index < -0.39 is 11.7 Å². The van der Waals surface area contributed by atoms with Gasteiger partial charge in [0, 0.05) is 54.1 Å². The maximum absolute atomic E-state index is 10.7. The number of phenolic OH excluding ortho intramolecular Hbond substituents is 1. The smallest absolute Gasteiger partial charge is 0.293 e. The van der Waals surface area contributed by atoms with Crippen LogP contribution in [0.3, 0.4) is 0 Å². The molecule has 3 heterocycles. The summed E-state index contributed by atoms with van der Waals surface area (Å²) in [5.74, 6) is 0.0379. The Balaban J connectivity index is 0.000000249. The van der Waals surface area contributed by atoms with Gasteiger partial charge in [0.05, 0.1) is 11.8 Å². The first kappa shape index (κ1) is 53.6. The fraction of sp³-hybridized carbons (Fsp3) is 0.469. The van der Waals surface area contributed by atoms with Crippen LogP contribution in [-0.4, -0.2) is 111 Å². The molecule has 6 N–H and O–H groups in total. The van der Waals surface area contributed by atoms with E-state index in [2.05, 4.69) is 46.8 Å². The Hall–Kier alpha value is -4.74. The van der Waals surface area contributed by atoms with Crippen molar-refractivity contribution in [3.8, 4) is 5.75 Å². The molecule has 2 fully saturated rings. The van der Waals surface area contributed by atoms with Crippen molar-refractivity contribution >= 4 is 65.6 Å². The maximum Gasteiger partial charge on any atom is 0.293 e. The minimum Gasteiger partial charge on any atom is -0.506 e. The first-order valence-electron chi connectivity index (χ1n) is 21.9. The molecule has 2 aromatic carbocycles. The fourth-order valence-corrected chi connectivity index (χ4v) is 9.29. The second-order valence-corrected chi connectivity index (χ2v) is 18.3. The lowest BCUT2D eigenvalue weighted by Gasteiger charge is -2.51. The predicted octanol–water partition coefficient (Wildman–Crippen LogP) is 7.83. The van der Waals surface area contributed by atoms with E-state index in [4.69, 9.17) is 4.74 Å². The van der Waals surface area contributed by atoms with E-state index in [1.54, 1.807) is 54.0 Å². The zero-order valence-electron chi connectivity index (χ0n) is 38.0. The normalized spacial score (nSPS) is 15.0. The number of ether oxygens (including phenoxy) is 1. The van der Waals surface area contributed by atoms with Crippen LogP contribution in [0.15, 0.2) is 77.5 Å². The average molecular weight is 920 g/mol. The predicted molar refractivity (Wildman–Crippen MR) is 260 cm³/mol. The van der Waals surface area contributed by atoms with Gasteiger partial charge in [-0.05, 0) is 143 Å². The number of nitrogens with zero attached hydrogens (tertiary/aromatic N) is 2. The lowest BCUT2D eigenvalue weighted by Crippen LogP contribution is -2.50. The van der Waals surface area contributed by atoms with Crippen molar-refractivity contribution in [1.82, 2.24) is 15.1 Å². The fourth-order valence-electron chi connectivity index (χ4n) is 7.63. The highest BCUT2D eigenvalue weighted by Gasteiger charge is 2.46. The van der Waals surface area contributed by atoms with Crippen molar-refractivity contribution in [2.45, 2.75) is 89.6 Å². The van der Waals surface area contributed by atoms with Crippen LogP contribution >= 0.6 is 22.7 Å². The molecule has 1 atom stereocenters. The Bertz CT molecular complexity index is 1900. The second kappa shape index (κ2) is 28.9. The number of carbonyl (C=O) groups excluding carboxylic acids is 4. The van der Waals surface area contributed by atoms with Gasteiger partial charge in [-0.1, -0.05) is 50.1 Å². The Labute approximate surface area is 387 Å². The highest BCUT2D eigenvalue weighted by Crippen LogP contribution is 2.50. The Morgan fingerprint density at radius 2 is 1.62 bits per heavy atom. The first-order valence-corrected chi connectivity index (χ1v) is 23.7. The number of aliphatic hydroxyl groups excluding tert-OH is 1. The van der Waals surface area contributed by atoms with E-state index in [9.17, 15) is 34.5 Å². The third-order valence-electron chi connectivity index (χ3n) is 11.3. The number of carbonyl (C=O) groups is 4. The first-order chi connectivity index (χ1) is 30.9. The van der Waals surface area contributed by atoms with E-state index in [0.29, 0.717) is 60.1 Å². The molecule has 1 spiro atoms. The molecule has 1 amide bonds. The molecule has 4 aromatic rings. The van der Waals surface area contributed by atoms with Gasteiger partial charge in [-0.3, -0.25) is 14.4 Å². The van der Waals surface area contributed by atoms with Crippen molar-refractivity contribution < 1.29 is 39.2 Å². The molecule has 64 heavy (non-hydrogen) atoms. The number of piperidine rings is 1. The number of allylic oxidation sites excluding steroid dienone is 1. The Kier molecular flexibility index (Phi) is 24.2. The number of aldehydes is 2. The molecule has 1 aliphatic heterocycles. The number of phenols is 1. The molecule has 6 rings (SSSR count). The summed E-state index contributed by atoms with van der Waals surface area (Å²) in [6, 6.07) is 18.3. The molecule has 350 valence electrons. The van der Waals surface area contributed by atoms with Crippen molar-refractivity contribution in [2.24, 2.45) is 5.41 Å². The average Bonchev–Trinajstić information content (AvgIpc) is 4.04.